The second-order valence-corrected chi connectivity index (χ2v) is 5.36. The van der Waals surface area contributed by atoms with Crippen molar-refractivity contribution in [3.05, 3.63) is 58.6 Å². The lowest BCUT2D eigenvalue weighted by atomic mass is 10.0. The van der Waals surface area contributed by atoms with Crippen molar-refractivity contribution in [2.45, 2.75) is 19.8 Å². The number of nitrogens with zero attached hydrogens (tertiary/aromatic N) is 1. The summed E-state index contributed by atoms with van der Waals surface area (Å²) < 4.78 is 5.74. The Morgan fingerprint density at radius 3 is 2.38 bits per heavy atom. The third kappa shape index (κ3) is 3.67. The molecule has 0 saturated carbocycles. The number of nitrogens with two attached hydrogens (primary N) is 1. The quantitative estimate of drug-likeness (QED) is 0.382. The van der Waals surface area contributed by atoms with Crippen LogP contribution in [0.2, 0.25) is 5.02 Å². The molecule has 0 atom stereocenters. The summed E-state index contributed by atoms with van der Waals surface area (Å²) >= 11 is 6.14. The molecule has 2 rings (SSSR count). The minimum absolute atomic E-state index is 0.00439. The van der Waals surface area contributed by atoms with Crippen molar-refractivity contribution in [3.8, 4) is 11.5 Å². The zero-order valence-corrected chi connectivity index (χ0v) is 12.6. The Labute approximate surface area is 128 Å². The van der Waals surface area contributed by atoms with E-state index < -0.39 is 0 Å². The minimum Gasteiger partial charge on any atom is -0.456 e. The Morgan fingerprint density at radius 1 is 1.19 bits per heavy atom. The van der Waals surface area contributed by atoms with E-state index in [2.05, 4.69) is 19.0 Å². The molecule has 110 valence electrons. The molecular formula is C16H17ClN2O2. The van der Waals surface area contributed by atoms with Crippen molar-refractivity contribution >= 4 is 17.4 Å². The molecule has 0 unspecified atom stereocenters. The van der Waals surface area contributed by atoms with Crippen LogP contribution < -0.4 is 10.5 Å². The van der Waals surface area contributed by atoms with Crippen molar-refractivity contribution in [2.24, 2.45) is 10.9 Å². The number of oxime groups is 1. The molecule has 0 aliphatic heterocycles. The third-order valence-corrected chi connectivity index (χ3v) is 3.41. The number of rotatable bonds is 4. The molecule has 2 aromatic rings. The second kappa shape index (κ2) is 6.50. The first-order chi connectivity index (χ1) is 10.0. The Kier molecular flexibility index (Phi) is 4.70. The number of halogens is 1. The fraction of sp³-hybridized carbons (Fsp3) is 0.188. The standard InChI is InChI=1S/C16H17ClN2O2/c1-10(2)11-3-6-13(7-4-11)21-15-8-5-12(9-14(15)17)16(18)19-20/h3-10,20H,1-2H3,(H2,18,19). The summed E-state index contributed by atoms with van der Waals surface area (Å²) in [5.41, 5.74) is 7.29. The molecular weight excluding hydrogens is 288 g/mol. The lowest BCUT2D eigenvalue weighted by molar-refractivity contribution is 0.318. The van der Waals surface area contributed by atoms with Gasteiger partial charge in [0.15, 0.2) is 5.84 Å². The van der Waals surface area contributed by atoms with Gasteiger partial charge < -0.3 is 15.7 Å². The molecule has 0 aromatic heterocycles. The van der Waals surface area contributed by atoms with Gasteiger partial charge in [-0.25, -0.2) is 0 Å². The van der Waals surface area contributed by atoms with Crippen molar-refractivity contribution in [3.63, 3.8) is 0 Å². The van der Waals surface area contributed by atoms with Crippen LogP contribution >= 0.6 is 11.6 Å². The molecule has 0 radical (unpaired) electrons. The van der Waals surface area contributed by atoms with Gasteiger partial charge in [-0.15, -0.1) is 0 Å². The first-order valence-electron chi connectivity index (χ1n) is 6.56. The molecule has 2 aromatic carbocycles. The lowest BCUT2D eigenvalue weighted by Crippen LogP contribution is -2.12. The largest absolute Gasteiger partial charge is 0.456 e. The van der Waals surface area contributed by atoms with Gasteiger partial charge in [0.25, 0.3) is 0 Å². The molecule has 0 aliphatic carbocycles. The average Bonchev–Trinajstić information content (AvgIpc) is 2.49. The van der Waals surface area contributed by atoms with Crippen molar-refractivity contribution in [1.29, 1.82) is 0 Å². The molecule has 4 nitrogen and oxygen atoms in total. The fourth-order valence-corrected chi connectivity index (χ4v) is 2.07. The van der Waals surface area contributed by atoms with Crippen LogP contribution in [0.4, 0.5) is 0 Å². The maximum atomic E-state index is 8.64. The van der Waals surface area contributed by atoms with E-state index in [4.69, 9.17) is 27.3 Å². The Hall–Kier alpha value is -2.20. The first kappa shape index (κ1) is 15.2. The molecule has 21 heavy (non-hydrogen) atoms. The van der Waals surface area contributed by atoms with Gasteiger partial charge in [0.1, 0.15) is 11.5 Å². The highest BCUT2D eigenvalue weighted by atomic mass is 35.5. The van der Waals surface area contributed by atoms with E-state index in [1.54, 1.807) is 18.2 Å². The highest BCUT2D eigenvalue weighted by Gasteiger charge is 2.07. The van der Waals surface area contributed by atoms with Crippen LogP contribution in [-0.2, 0) is 0 Å². The van der Waals surface area contributed by atoms with Crippen LogP contribution in [-0.4, -0.2) is 11.0 Å². The van der Waals surface area contributed by atoms with E-state index in [1.807, 2.05) is 24.3 Å². The number of ether oxygens (including phenoxy) is 1. The van der Waals surface area contributed by atoms with Gasteiger partial charge in [-0.1, -0.05) is 42.7 Å². The van der Waals surface area contributed by atoms with Gasteiger partial charge in [0, 0.05) is 5.56 Å². The Morgan fingerprint density at radius 2 is 1.86 bits per heavy atom. The number of hydrogen-bond acceptors (Lipinski definition) is 3. The van der Waals surface area contributed by atoms with Gasteiger partial charge >= 0.3 is 0 Å². The summed E-state index contributed by atoms with van der Waals surface area (Å²) in [5.74, 6) is 1.70. The first-order valence-corrected chi connectivity index (χ1v) is 6.94. The predicted octanol–water partition coefficient (Wildman–Crippen LogP) is 4.35. The van der Waals surface area contributed by atoms with E-state index >= 15 is 0 Å². The molecule has 5 heteroatoms. The van der Waals surface area contributed by atoms with Gasteiger partial charge in [-0.05, 0) is 41.8 Å². The second-order valence-electron chi connectivity index (χ2n) is 4.96. The van der Waals surface area contributed by atoms with Crippen LogP contribution in [0, 0.1) is 0 Å². The normalized spacial score (nSPS) is 11.7. The minimum atomic E-state index is 0.00439. The number of benzene rings is 2. The van der Waals surface area contributed by atoms with Crippen LogP contribution in [0.5, 0.6) is 11.5 Å². The van der Waals surface area contributed by atoms with Gasteiger partial charge in [-0.3, -0.25) is 0 Å². The smallest absolute Gasteiger partial charge is 0.170 e. The van der Waals surface area contributed by atoms with Crippen molar-refractivity contribution in [1.82, 2.24) is 0 Å². The summed E-state index contributed by atoms with van der Waals surface area (Å²) in [6, 6.07) is 12.8. The van der Waals surface area contributed by atoms with Crippen LogP contribution in [0.3, 0.4) is 0 Å². The predicted molar refractivity (Wildman–Crippen MR) is 84.6 cm³/mol. The summed E-state index contributed by atoms with van der Waals surface area (Å²) in [5, 5.41) is 12.0. The van der Waals surface area contributed by atoms with Crippen LogP contribution in [0.1, 0.15) is 30.9 Å². The lowest BCUT2D eigenvalue weighted by Gasteiger charge is -2.10. The Balaban J connectivity index is 2.20. The number of hydrogen-bond donors (Lipinski definition) is 2. The highest BCUT2D eigenvalue weighted by molar-refractivity contribution is 6.32. The van der Waals surface area contributed by atoms with E-state index in [0.29, 0.717) is 28.0 Å². The van der Waals surface area contributed by atoms with Gasteiger partial charge in [0.2, 0.25) is 0 Å². The van der Waals surface area contributed by atoms with E-state index in [0.717, 1.165) is 0 Å². The zero-order chi connectivity index (χ0) is 15.4. The molecule has 0 spiro atoms. The molecule has 0 amide bonds. The Bertz CT molecular complexity index is 652. The zero-order valence-electron chi connectivity index (χ0n) is 11.9. The maximum Gasteiger partial charge on any atom is 0.170 e. The molecule has 0 fully saturated rings. The molecule has 0 bridgehead atoms. The van der Waals surface area contributed by atoms with Gasteiger partial charge in [0.05, 0.1) is 5.02 Å². The van der Waals surface area contributed by atoms with E-state index in [9.17, 15) is 0 Å². The summed E-state index contributed by atoms with van der Waals surface area (Å²) in [6.07, 6.45) is 0. The fourth-order valence-electron chi connectivity index (χ4n) is 1.85. The third-order valence-electron chi connectivity index (χ3n) is 3.11. The topological polar surface area (TPSA) is 67.8 Å². The van der Waals surface area contributed by atoms with Gasteiger partial charge in [-0.2, -0.15) is 0 Å². The molecule has 0 saturated heterocycles. The summed E-state index contributed by atoms with van der Waals surface area (Å²) in [4.78, 5) is 0. The van der Waals surface area contributed by atoms with E-state index in [-0.39, 0.29) is 5.84 Å². The van der Waals surface area contributed by atoms with Crippen LogP contribution in [0.25, 0.3) is 0 Å². The van der Waals surface area contributed by atoms with Crippen molar-refractivity contribution < 1.29 is 9.94 Å². The SMILES string of the molecule is CC(C)c1ccc(Oc2ccc(C(N)=NO)cc2Cl)cc1. The van der Waals surface area contributed by atoms with Crippen LogP contribution in [0.15, 0.2) is 47.6 Å². The number of amidine groups is 1. The molecule has 3 N–H and O–H groups in total. The summed E-state index contributed by atoms with van der Waals surface area (Å²) in [7, 11) is 0. The van der Waals surface area contributed by atoms with E-state index in [1.165, 1.54) is 5.56 Å². The van der Waals surface area contributed by atoms with Crippen molar-refractivity contribution in [2.75, 3.05) is 0 Å². The summed E-state index contributed by atoms with van der Waals surface area (Å²) in [6.45, 7) is 4.27. The monoisotopic (exact) mass is 304 g/mol. The highest BCUT2D eigenvalue weighted by Crippen LogP contribution is 2.30. The average molecular weight is 305 g/mol. The maximum absolute atomic E-state index is 8.64. The molecule has 0 aliphatic rings. The molecule has 0 heterocycles.